The highest BCUT2D eigenvalue weighted by Gasteiger charge is 2.41. The molecule has 10 aromatic rings. The maximum absolute atomic E-state index is 2.43. The zero-order chi connectivity index (χ0) is 44.4. The summed E-state index contributed by atoms with van der Waals surface area (Å²) in [5.74, 6) is 0. The summed E-state index contributed by atoms with van der Waals surface area (Å²) in [4.78, 5) is 2.41. The summed E-state index contributed by atoms with van der Waals surface area (Å²) >= 11 is 0. The van der Waals surface area contributed by atoms with Gasteiger partial charge in [-0.25, -0.2) is 0 Å². The van der Waals surface area contributed by atoms with Crippen LogP contribution in [0.5, 0.6) is 0 Å². The zero-order valence-corrected chi connectivity index (χ0v) is 37.5. The lowest BCUT2D eigenvalue weighted by Gasteiger charge is -2.29. The van der Waals surface area contributed by atoms with Gasteiger partial charge in [-0.1, -0.05) is 214 Å². The number of nitrogens with zero attached hydrogens (tertiary/aromatic N) is 1. The van der Waals surface area contributed by atoms with Crippen LogP contribution in [0.15, 0.2) is 243 Å². The van der Waals surface area contributed by atoms with Crippen molar-refractivity contribution in [3.63, 3.8) is 0 Å². The van der Waals surface area contributed by atoms with Crippen molar-refractivity contribution < 1.29 is 0 Å². The van der Waals surface area contributed by atoms with Crippen LogP contribution in [-0.4, -0.2) is 0 Å². The molecule has 12 rings (SSSR count). The summed E-state index contributed by atoms with van der Waals surface area (Å²) in [6.07, 6.45) is 0. The summed E-state index contributed by atoms with van der Waals surface area (Å²) in [6, 6.07) is 89.5. The number of hydrogen-bond donors (Lipinski definition) is 0. The summed E-state index contributed by atoms with van der Waals surface area (Å²) in [5.41, 5.74) is 24.7. The number of benzene rings is 10. The minimum absolute atomic E-state index is 0.105. The average molecular weight is 844 g/mol. The second-order valence-corrected chi connectivity index (χ2v) is 18.6. The van der Waals surface area contributed by atoms with E-state index in [1.807, 2.05) is 0 Å². The van der Waals surface area contributed by atoms with Crippen LogP contribution in [0.2, 0.25) is 0 Å². The maximum atomic E-state index is 2.43. The van der Waals surface area contributed by atoms with Crippen LogP contribution in [0.25, 0.3) is 66.8 Å². The van der Waals surface area contributed by atoms with E-state index in [0.29, 0.717) is 0 Å². The Hall–Kier alpha value is -8.00. The van der Waals surface area contributed by atoms with Gasteiger partial charge in [0.1, 0.15) is 0 Å². The van der Waals surface area contributed by atoms with Crippen LogP contribution >= 0.6 is 0 Å². The molecule has 1 atom stereocenters. The quantitative estimate of drug-likeness (QED) is 0.147. The van der Waals surface area contributed by atoms with Crippen LogP contribution in [0.1, 0.15) is 48.6 Å². The van der Waals surface area contributed by atoms with Gasteiger partial charge >= 0.3 is 0 Å². The molecule has 0 radical (unpaired) electrons. The van der Waals surface area contributed by atoms with E-state index in [9.17, 15) is 0 Å². The minimum Gasteiger partial charge on any atom is -0.310 e. The first kappa shape index (κ1) is 39.6. The SMILES string of the molecule is CC1(C)c2ccccc2-c2cccc(-c3ccc(N(c4ccc(-c5ccc6c(c5)C(C)(c5ccccc5)c5ccccc5-6)cc4)c4ccc(-c5ccccc5)c(-c5ccccc5)c4)cc3)c21. The maximum Gasteiger partial charge on any atom is 0.0468 e. The molecule has 10 aromatic carbocycles. The molecule has 0 N–H and O–H groups in total. The van der Waals surface area contributed by atoms with Crippen molar-refractivity contribution >= 4 is 17.1 Å². The molecule has 2 aliphatic rings. The molecule has 0 saturated heterocycles. The van der Waals surface area contributed by atoms with Gasteiger partial charge in [0.25, 0.3) is 0 Å². The Kier molecular flexibility index (Phi) is 9.36. The number of fused-ring (bicyclic) bond motifs is 6. The summed E-state index contributed by atoms with van der Waals surface area (Å²) in [7, 11) is 0. The van der Waals surface area contributed by atoms with Gasteiger partial charge in [-0.3, -0.25) is 0 Å². The van der Waals surface area contributed by atoms with E-state index in [2.05, 4.69) is 268 Å². The molecule has 66 heavy (non-hydrogen) atoms. The zero-order valence-electron chi connectivity index (χ0n) is 37.5. The normalized spacial score (nSPS) is 15.1. The molecular weight excluding hydrogens is 795 g/mol. The van der Waals surface area contributed by atoms with E-state index in [1.165, 1.54) is 94.6 Å². The third kappa shape index (κ3) is 6.30. The largest absolute Gasteiger partial charge is 0.310 e. The molecule has 0 bridgehead atoms. The summed E-state index contributed by atoms with van der Waals surface area (Å²) in [6.45, 7) is 7.13. The lowest BCUT2D eigenvalue weighted by Crippen LogP contribution is -2.22. The van der Waals surface area contributed by atoms with Crippen molar-refractivity contribution in [2.24, 2.45) is 0 Å². The van der Waals surface area contributed by atoms with E-state index in [1.54, 1.807) is 0 Å². The fourth-order valence-corrected chi connectivity index (χ4v) is 11.3. The van der Waals surface area contributed by atoms with Crippen molar-refractivity contribution in [1.82, 2.24) is 0 Å². The molecule has 0 spiro atoms. The predicted octanol–water partition coefficient (Wildman–Crippen LogP) is 17.5. The first-order valence-electron chi connectivity index (χ1n) is 23.2. The van der Waals surface area contributed by atoms with Gasteiger partial charge in [-0.15, -0.1) is 0 Å². The molecule has 0 heterocycles. The third-order valence-corrected chi connectivity index (χ3v) is 14.6. The van der Waals surface area contributed by atoms with E-state index in [4.69, 9.17) is 0 Å². The van der Waals surface area contributed by atoms with Gasteiger partial charge in [0.05, 0.1) is 0 Å². The molecule has 0 aliphatic heterocycles. The highest BCUT2D eigenvalue weighted by atomic mass is 15.1. The molecule has 1 nitrogen and oxygen atoms in total. The highest BCUT2D eigenvalue weighted by Crippen LogP contribution is 2.54. The van der Waals surface area contributed by atoms with Gasteiger partial charge in [0.2, 0.25) is 0 Å². The molecular formula is C65H49N. The topological polar surface area (TPSA) is 3.24 Å². The molecule has 0 fully saturated rings. The monoisotopic (exact) mass is 843 g/mol. The lowest BCUT2D eigenvalue weighted by atomic mass is 9.74. The van der Waals surface area contributed by atoms with E-state index < -0.39 is 0 Å². The Morgan fingerprint density at radius 2 is 0.727 bits per heavy atom. The van der Waals surface area contributed by atoms with Crippen molar-refractivity contribution in [3.05, 3.63) is 270 Å². The second kappa shape index (κ2) is 15.6. The molecule has 2 aliphatic carbocycles. The van der Waals surface area contributed by atoms with Gasteiger partial charge in [0, 0.05) is 27.9 Å². The van der Waals surface area contributed by atoms with Crippen LogP contribution in [0.3, 0.4) is 0 Å². The van der Waals surface area contributed by atoms with Crippen molar-refractivity contribution in [2.75, 3.05) is 4.90 Å². The second-order valence-electron chi connectivity index (χ2n) is 18.6. The van der Waals surface area contributed by atoms with Gasteiger partial charge < -0.3 is 4.90 Å². The van der Waals surface area contributed by atoms with Gasteiger partial charge in [-0.05, 0) is 144 Å². The van der Waals surface area contributed by atoms with E-state index in [0.717, 1.165) is 17.1 Å². The molecule has 0 saturated carbocycles. The third-order valence-electron chi connectivity index (χ3n) is 14.6. The van der Waals surface area contributed by atoms with E-state index >= 15 is 0 Å². The Labute approximate surface area is 389 Å². The fraction of sp³-hybridized carbons (Fsp3) is 0.0769. The molecule has 1 heteroatoms. The van der Waals surface area contributed by atoms with Crippen molar-refractivity contribution in [3.8, 4) is 66.8 Å². The Morgan fingerprint density at radius 3 is 1.39 bits per heavy atom. The summed E-state index contributed by atoms with van der Waals surface area (Å²) in [5, 5.41) is 0. The minimum atomic E-state index is -0.256. The highest BCUT2D eigenvalue weighted by molar-refractivity contribution is 5.92. The smallest absolute Gasteiger partial charge is 0.0468 e. The van der Waals surface area contributed by atoms with Crippen molar-refractivity contribution in [2.45, 2.75) is 31.6 Å². The molecule has 0 amide bonds. The number of rotatable bonds is 8. The number of hydrogen-bond acceptors (Lipinski definition) is 1. The Morgan fingerprint density at radius 1 is 0.273 bits per heavy atom. The standard InChI is InChI=1S/C65H49N/c1-64(2)60-28-15-13-25-56(60)58-27-17-26-54(63(58)64)47-32-37-51(38-33-47)66(52-39-41-53(45-18-7-4-8-19-45)59(43-52)46-20-9-5-10-21-46)50-35-30-44(31-36-50)48-34-40-57-55-24-14-16-29-61(55)65(3,62(57)42-48)49-22-11-6-12-23-49/h4-43H,1-3H3. The molecule has 1 unspecified atom stereocenters. The van der Waals surface area contributed by atoms with Gasteiger partial charge in [-0.2, -0.15) is 0 Å². The Balaban J connectivity index is 0.973. The molecule has 314 valence electrons. The van der Waals surface area contributed by atoms with Crippen LogP contribution in [0, 0.1) is 0 Å². The fourth-order valence-electron chi connectivity index (χ4n) is 11.3. The van der Waals surface area contributed by atoms with E-state index in [-0.39, 0.29) is 10.8 Å². The first-order chi connectivity index (χ1) is 32.4. The molecule has 0 aromatic heterocycles. The van der Waals surface area contributed by atoms with Crippen LogP contribution in [0.4, 0.5) is 17.1 Å². The summed E-state index contributed by atoms with van der Waals surface area (Å²) < 4.78 is 0. The van der Waals surface area contributed by atoms with Crippen molar-refractivity contribution in [1.29, 1.82) is 0 Å². The average Bonchev–Trinajstić information content (AvgIpc) is 3.79. The van der Waals surface area contributed by atoms with Gasteiger partial charge in [0.15, 0.2) is 0 Å². The van der Waals surface area contributed by atoms with Crippen LogP contribution in [-0.2, 0) is 10.8 Å². The predicted molar refractivity (Wildman–Crippen MR) is 278 cm³/mol. The van der Waals surface area contributed by atoms with Crippen LogP contribution < -0.4 is 4.90 Å². The number of anilines is 3. The first-order valence-corrected chi connectivity index (χ1v) is 23.2. The lowest BCUT2D eigenvalue weighted by molar-refractivity contribution is 0.662. The Bertz CT molecular complexity index is 3420.